The number of aryl methyl sites for hydroxylation is 1. The van der Waals surface area contributed by atoms with Gasteiger partial charge in [0.15, 0.2) is 11.0 Å². The summed E-state index contributed by atoms with van der Waals surface area (Å²) in [5.74, 6) is -0.0236. The molecule has 1 aliphatic heterocycles. The van der Waals surface area contributed by atoms with Gasteiger partial charge < -0.3 is 20.1 Å². The lowest BCUT2D eigenvalue weighted by Crippen LogP contribution is -2.43. The summed E-state index contributed by atoms with van der Waals surface area (Å²) in [6.45, 7) is 5.22. The van der Waals surface area contributed by atoms with E-state index in [0.29, 0.717) is 29.6 Å². The van der Waals surface area contributed by atoms with E-state index in [4.69, 9.17) is 26.8 Å². The number of carbonyl (C=O) groups is 1. The van der Waals surface area contributed by atoms with Crippen LogP contribution in [0.5, 0.6) is 0 Å². The fourth-order valence-electron chi connectivity index (χ4n) is 3.22. The van der Waals surface area contributed by atoms with Crippen LogP contribution in [0.15, 0.2) is 24.3 Å². The van der Waals surface area contributed by atoms with Gasteiger partial charge >= 0.3 is 5.97 Å². The molecule has 0 aliphatic carbocycles. The summed E-state index contributed by atoms with van der Waals surface area (Å²) in [5.41, 5.74) is 9.22. The van der Waals surface area contributed by atoms with Gasteiger partial charge in [-0.3, -0.25) is 0 Å². The van der Waals surface area contributed by atoms with E-state index in [1.54, 1.807) is 12.1 Å². The highest BCUT2D eigenvalue weighted by Gasteiger charge is 2.29. The number of hydrogen-bond acceptors (Lipinski definition) is 7. The van der Waals surface area contributed by atoms with Crippen molar-refractivity contribution < 1.29 is 14.3 Å². The molecule has 3 rings (SSSR count). The lowest BCUT2D eigenvalue weighted by atomic mass is 9.98. The van der Waals surface area contributed by atoms with E-state index in [1.807, 2.05) is 26.0 Å². The second-order valence-electron chi connectivity index (χ2n) is 6.34. The Morgan fingerprint density at radius 1 is 1.35 bits per heavy atom. The molecule has 1 aromatic heterocycles. The maximum absolute atomic E-state index is 11.7. The van der Waals surface area contributed by atoms with Gasteiger partial charge in [0.2, 0.25) is 0 Å². The van der Waals surface area contributed by atoms with E-state index in [0.717, 1.165) is 16.8 Å². The molecule has 0 bridgehead atoms. The maximum atomic E-state index is 11.7. The minimum atomic E-state index is -0.357. The molecule has 8 heteroatoms. The number of aromatic nitrogens is 2. The third kappa shape index (κ3) is 3.73. The number of hydrogen-bond donors (Lipinski definition) is 1. The van der Waals surface area contributed by atoms with Crippen LogP contribution in [-0.2, 0) is 9.47 Å². The van der Waals surface area contributed by atoms with Crippen LogP contribution >= 0.6 is 11.6 Å². The normalized spacial score (nSPS) is 20.1. The van der Waals surface area contributed by atoms with Gasteiger partial charge in [0.25, 0.3) is 0 Å². The second kappa shape index (κ2) is 7.47. The van der Waals surface area contributed by atoms with Gasteiger partial charge in [-0.25, -0.2) is 4.79 Å². The van der Waals surface area contributed by atoms with Crippen molar-refractivity contribution in [3.05, 3.63) is 46.1 Å². The summed E-state index contributed by atoms with van der Waals surface area (Å²) in [6.07, 6.45) is -0.184. The first-order valence-corrected chi connectivity index (χ1v) is 8.64. The van der Waals surface area contributed by atoms with E-state index >= 15 is 0 Å². The van der Waals surface area contributed by atoms with Crippen LogP contribution < -0.4 is 10.6 Å². The van der Waals surface area contributed by atoms with Gasteiger partial charge in [0, 0.05) is 19.2 Å². The van der Waals surface area contributed by atoms with Gasteiger partial charge in [-0.05, 0) is 37.1 Å². The molecule has 2 heterocycles. The summed E-state index contributed by atoms with van der Waals surface area (Å²) >= 11 is 5.98. The minimum Gasteiger partial charge on any atom is -0.465 e. The van der Waals surface area contributed by atoms with Crippen molar-refractivity contribution in [1.29, 1.82) is 0 Å². The standard InChI is InChI=1S/C18H21ClN4O3/c1-10-6-12(18(24)25-3)4-5-13(10)15-9-23(8-11(2)26-15)14-7-16(19)21-22-17(14)20/h4-7,11,15H,8-9H2,1-3H3,(H2,20,22)/t11-,15-/m1/s1. The third-order valence-electron chi connectivity index (χ3n) is 4.41. The molecule has 1 aromatic carbocycles. The largest absolute Gasteiger partial charge is 0.465 e. The van der Waals surface area contributed by atoms with E-state index in [9.17, 15) is 4.79 Å². The highest BCUT2D eigenvalue weighted by atomic mass is 35.5. The predicted molar refractivity (Wildman–Crippen MR) is 99.5 cm³/mol. The van der Waals surface area contributed by atoms with Crippen molar-refractivity contribution in [3.63, 3.8) is 0 Å². The second-order valence-corrected chi connectivity index (χ2v) is 6.73. The Morgan fingerprint density at radius 3 is 2.81 bits per heavy atom. The summed E-state index contributed by atoms with van der Waals surface area (Å²) in [4.78, 5) is 13.8. The Kier molecular flexibility index (Phi) is 5.29. The summed E-state index contributed by atoms with van der Waals surface area (Å²) < 4.78 is 10.9. The van der Waals surface area contributed by atoms with Crippen molar-refractivity contribution in [2.24, 2.45) is 0 Å². The van der Waals surface area contributed by atoms with Crippen molar-refractivity contribution in [2.45, 2.75) is 26.1 Å². The predicted octanol–water partition coefficient (Wildman–Crippen LogP) is 2.77. The Hall–Kier alpha value is -2.38. The molecule has 1 aliphatic rings. The minimum absolute atomic E-state index is 0.0141. The Balaban J connectivity index is 1.89. The third-order valence-corrected chi connectivity index (χ3v) is 4.59. The average molecular weight is 377 g/mol. The van der Waals surface area contributed by atoms with Crippen LogP contribution in [0.25, 0.3) is 0 Å². The maximum Gasteiger partial charge on any atom is 0.337 e. The quantitative estimate of drug-likeness (QED) is 0.823. The van der Waals surface area contributed by atoms with Crippen LogP contribution in [0.2, 0.25) is 5.15 Å². The number of nitrogens with zero attached hydrogens (tertiary/aromatic N) is 3. The molecule has 26 heavy (non-hydrogen) atoms. The molecule has 0 spiro atoms. The molecule has 0 saturated carbocycles. The van der Waals surface area contributed by atoms with Gasteiger partial charge in [-0.1, -0.05) is 17.7 Å². The first-order valence-electron chi connectivity index (χ1n) is 8.27. The fourth-order valence-corrected chi connectivity index (χ4v) is 3.36. The highest BCUT2D eigenvalue weighted by Crippen LogP contribution is 2.33. The SMILES string of the molecule is COC(=O)c1ccc([C@H]2CN(c3cc(Cl)nnc3N)C[C@@H](C)O2)c(C)c1. The molecule has 2 atom stereocenters. The number of anilines is 2. The van der Waals surface area contributed by atoms with Gasteiger partial charge in [0.1, 0.15) is 6.10 Å². The number of rotatable bonds is 3. The Morgan fingerprint density at radius 2 is 2.12 bits per heavy atom. The lowest BCUT2D eigenvalue weighted by molar-refractivity contribution is -0.0176. The van der Waals surface area contributed by atoms with Crippen molar-refractivity contribution in [1.82, 2.24) is 10.2 Å². The highest BCUT2D eigenvalue weighted by molar-refractivity contribution is 6.29. The molecule has 7 nitrogen and oxygen atoms in total. The topological polar surface area (TPSA) is 90.6 Å². The Labute approximate surface area is 157 Å². The number of carbonyl (C=O) groups excluding carboxylic acids is 1. The molecular weight excluding hydrogens is 356 g/mol. The summed E-state index contributed by atoms with van der Waals surface area (Å²) in [5, 5.41) is 7.96. The van der Waals surface area contributed by atoms with Gasteiger partial charge in [0.05, 0.1) is 24.5 Å². The molecule has 0 radical (unpaired) electrons. The Bertz CT molecular complexity index is 830. The van der Waals surface area contributed by atoms with E-state index in [1.165, 1.54) is 7.11 Å². The van der Waals surface area contributed by atoms with Crippen LogP contribution in [0.3, 0.4) is 0 Å². The molecule has 2 N–H and O–H groups in total. The first kappa shape index (κ1) is 18.4. The molecule has 0 amide bonds. The molecule has 1 fully saturated rings. The average Bonchev–Trinajstić information content (AvgIpc) is 2.62. The summed E-state index contributed by atoms with van der Waals surface area (Å²) in [7, 11) is 1.37. The number of ether oxygens (including phenoxy) is 2. The van der Waals surface area contributed by atoms with E-state index < -0.39 is 0 Å². The van der Waals surface area contributed by atoms with Gasteiger partial charge in [-0.2, -0.15) is 0 Å². The molecule has 0 unspecified atom stereocenters. The zero-order chi connectivity index (χ0) is 18.8. The van der Waals surface area contributed by atoms with Crippen LogP contribution in [0.4, 0.5) is 11.5 Å². The number of halogens is 1. The summed E-state index contributed by atoms with van der Waals surface area (Å²) in [6, 6.07) is 7.18. The number of methoxy groups -OCH3 is 1. The van der Waals surface area contributed by atoms with Crippen LogP contribution in [0, 0.1) is 6.92 Å². The smallest absolute Gasteiger partial charge is 0.337 e. The number of esters is 1. The first-order chi connectivity index (χ1) is 12.4. The van der Waals surface area contributed by atoms with Crippen molar-refractivity contribution >= 4 is 29.1 Å². The number of nitrogens with two attached hydrogens (primary N) is 1. The molecule has 138 valence electrons. The number of nitrogen functional groups attached to an aromatic ring is 1. The van der Waals surface area contributed by atoms with Gasteiger partial charge in [-0.15, -0.1) is 10.2 Å². The number of benzene rings is 1. The monoisotopic (exact) mass is 376 g/mol. The van der Waals surface area contributed by atoms with Crippen molar-refractivity contribution in [3.8, 4) is 0 Å². The zero-order valence-electron chi connectivity index (χ0n) is 14.9. The van der Waals surface area contributed by atoms with E-state index in [2.05, 4.69) is 15.1 Å². The van der Waals surface area contributed by atoms with E-state index in [-0.39, 0.29) is 18.2 Å². The van der Waals surface area contributed by atoms with Crippen LogP contribution in [0.1, 0.15) is 34.5 Å². The molecular formula is C18H21ClN4O3. The number of morpholine rings is 1. The van der Waals surface area contributed by atoms with Crippen LogP contribution in [-0.4, -0.2) is 42.5 Å². The zero-order valence-corrected chi connectivity index (χ0v) is 15.7. The fraction of sp³-hybridized carbons (Fsp3) is 0.389. The lowest BCUT2D eigenvalue weighted by Gasteiger charge is -2.39. The molecule has 1 saturated heterocycles. The molecule has 2 aromatic rings. The van der Waals surface area contributed by atoms with Crippen molar-refractivity contribution in [2.75, 3.05) is 30.8 Å².